The van der Waals surface area contributed by atoms with E-state index in [4.69, 9.17) is 4.74 Å². The van der Waals surface area contributed by atoms with Crippen LogP contribution in [0.3, 0.4) is 0 Å². The molecule has 0 saturated heterocycles. The molecular formula is C10H22INO. The molecule has 0 amide bonds. The second kappa shape index (κ2) is 9.21. The summed E-state index contributed by atoms with van der Waals surface area (Å²) in [5.41, 5.74) is 0. The number of ether oxygens (including phenoxy) is 1. The molecule has 0 bridgehead atoms. The highest BCUT2D eigenvalue weighted by Crippen LogP contribution is 2.04. The van der Waals surface area contributed by atoms with E-state index in [1.807, 2.05) is 0 Å². The van der Waals surface area contributed by atoms with Crippen molar-refractivity contribution in [3.8, 4) is 0 Å². The smallest absolute Gasteiger partial charge is 0.0591 e. The van der Waals surface area contributed by atoms with Crippen molar-refractivity contribution in [1.82, 2.24) is 5.32 Å². The molecule has 0 saturated carbocycles. The molecule has 0 aromatic heterocycles. The molecule has 0 aliphatic rings. The Labute approximate surface area is 95.9 Å². The minimum Gasteiger partial charge on any atom is -0.380 e. The van der Waals surface area contributed by atoms with Gasteiger partial charge in [-0.15, -0.1) is 0 Å². The van der Waals surface area contributed by atoms with E-state index in [1.54, 1.807) is 0 Å². The molecule has 0 aliphatic heterocycles. The molecule has 1 unspecified atom stereocenters. The predicted octanol–water partition coefficient (Wildman–Crippen LogP) is 2.46. The van der Waals surface area contributed by atoms with Crippen molar-refractivity contribution in [1.29, 1.82) is 0 Å². The largest absolute Gasteiger partial charge is 0.380 e. The van der Waals surface area contributed by atoms with Gasteiger partial charge in [0, 0.05) is 23.6 Å². The fourth-order valence-corrected chi connectivity index (χ4v) is 2.36. The van der Waals surface area contributed by atoms with Crippen LogP contribution in [0, 0.1) is 5.92 Å². The maximum Gasteiger partial charge on any atom is 0.0591 e. The standard InChI is InChI=1S/C10H22INO/c1-4-6-13-7-5-12-10(8-11)9(2)3/h9-10,12H,4-8H2,1-3H3. The molecule has 0 radical (unpaired) electrons. The zero-order valence-electron chi connectivity index (χ0n) is 8.98. The van der Waals surface area contributed by atoms with Gasteiger partial charge in [0.1, 0.15) is 0 Å². The summed E-state index contributed by atoms with van der Waals surface area (Å²) in [7, 11) is 0. The van der Waals surface area contributed by atoms with Crippen LogP contribution in [0.15, 0.2) is 0 Å². The van der Waals surface area contributed by atoms with Crippen molar-refractivity contribution < 1.29 is 4.74 Å². The molecule has 2 nitrogen and oxygen atoms in total. The molecule has 13 heavy (non-hydrogen) atoms. The van der Waals surface area contributed by atoms with Crippen molar-refractivity contribution >= 4 is 22.6 Å². The van der Waals surface area contributed by atoms with Crippen molar-refractivity contribution in [3.63, 3.8) is 0 Å². The topological polar surface area (TPSA) is 21.3 Å². The summed E-state index contributed by atoms with van der Waals surface area (Å²) >= 11 is 2.43. The molecule has 0 aromatic rings. The van der Waals surface area contributed by atoms with E-state index in [-0.39, 0.29) is 0 Å². The molecule has 0 fully saturated rings. The summed E-state index contributed by atoms with van der Waals surface area (Å²) in [5, 5.41) is 3.50. The fourth-order valence-electron chi connectivity index (χ4n) is 1.03. The molecule has 0 aromatic carbocycles. The number of halogens is 1. The van der Waals surface area contributed by atoms with Crippen LogP contribution in [0.4, 0.5) is 0 Å². The van der Waals surface area contributed by atoms with Gasteiger partial charge in [-0.25, -0.2) is 0 Å². The molecule has 1 N–H and O–H groups in total. The Bertz CT molecular complexity index is 109. The lowest BCUT2D eigenvalue weighted by atomic mass is 10.1. The van der Waals surface area contributed by atoms with Crippen LogP contribution in [-0.4, -0.2) is 30.2 Å². The van der Waals surface area contributed by atoms with Gasteiger partial charge in [-0.3, -0.25) is 0 Å². The average Bonchev–Trinajstić information content (AvgIpc) is 2.10. The zero-order valence-corrected chi connectivity index (χ0v) is 11.1. The van der Waals surface area contributed by atoms with E-state index in [9.17, 15) is 0 Å². The highest BCUT2D eigenvalue weighted by Gasteiger charge is 2.09. The highest BCUT2D eigenvalue weighted by molar-refractivity contribution is 14.1. The van der Waals surface area contributed by atoms with E-state index >= 15 is 0 Å². The van der Waals surface area contributed by atoms with Gasteiger partial charge in [0.05, 0.1) is 6.61 Å². The quantitative estimate of drug-likeness (QED) is 0.422. The van der Waals surface area contributed by atoms with E-state index < -0.39 is 0 Å². The number of hydrogen-bond donors (Lipinski definition) is 1. The summed E-state index contributed by atoms with van der Waals surface area (Å²) < 4.78 is 6.56. The van der Waals surface area contributed by atoms with Crippen LogP contribution in [-0.2, 0) is 4.74 Å². The SMILES string of the molecule is CCCOCCNC(CI)C(C)C. The van der Waals surface area contributed by atoms with Gasteiger partial charge in [-0.1, -0.05) is 43.4 Å². The molecular weight excluding hydrogens is 277 g/mol. The number of rotatable bonds is 8. The van der Waals surface area contributed by atoms with E-state index in [0.717, 1.165) is 26.2 Å². The number of nitrogens with one attached hydrogen (secondary N) is 1. The second-order valence-electron chi connectivity index (χ2n) is 3.57. The maximum atomic E-state index is 5.39. The van der Waals surface area contributed by atoms with Gasteiger partial charge in [0.2, 0.25) is 0 Å². The van der Waals surface area contributed by atoms with Crippen LogP contribution < -0.4 is 5.32 Å². The molecule has 0 aliphatic carbocycles. The van der Waals surface area contributed by atoms with Crippen LogP contribution in [0.1, 0.15) is 27.2 Å². The average molecular weight is 299 g/mol. The van der Waals surface area contributed by atoms with Crippen LogP contribution in [0.5, 0.6) is 0 Å². The molecule has 80 valence electrons. The molecule has 0 rings (SSSR count). The van der Waals surface area contributed by atoms with E-state index in [2.05, 4.69) is 48.7 Å². The van der Waals surface area contributed by atoms with Crippen molar-refractivity contribution in [2.75, 3.05) is 24.2 Å². The Hall–Kier alpha value is 0.650. The van der Waals surface area contributed by atoms with Crippen molar-refractivity contribution in [3.05, 3.63) is 0 Å². The molecule has 0 spiro atoms. The summed E-state index contributed by atoms with van der Waals surface area (Å²) in [5.74, 6) is 0.711. The van der Waals surface area contributed by atoms with Gasteiger partial charge >= 0.3 is 0 Å². The van der Waals surface area contributed by atoms with Gasteiger partial charge in [0.15, 0.2) is 0 Å². The Morgan fingerprint density at radius 3 is 2.46 bits per heavy atom. The first-order chi connectivity index (χ1) is 6.22. The normalized spacial score (nSPS) is 13.6. The zero-order chi connectivity index (χ0) is 10.1. The summed E-state index contributed by atoms with van der Waals surface area (Å²) in [4.78, 5) is 0. The van der Waals surface area contributed by atoms with Crippen LogP contribution >= 0.6 is 22.6 Å². The third-order valence-corrected chi connectivity index (χ3v) is 2.92. The second-order valence-corrected chi connectivity index (χ2v) is 4.45. The first-order valence-corrected chi connectivity index (χ1v) is 6.62. The van der Waals surface area contributed by atoms with E-state index in [1.165, 1.54) is 4.43 Å². The van der Waals surface area contributed by atoms with E-state index in [0.29, 0.717) is 12.0 Å². The third kappa shape index (κ3) is 7.70. The first-order valence-electron chi connectivity index (χ1n) is 5.09. The van der Waals surface area contributed by atoms with Gasteiger partial charge in [-0.2, -0.15) is 0 Å². The monoisotopic (exact) mass is 299 g/mol. The lowest BCUT2D eigenvalue weighted by Gasteiger charge is -2.19. The molecule has 3 heteroatoms. The first kappa shape index (κ1) is 13.7. The Morgan fingerprint density at radius 1 is 1.31 bits per heavy atom. The van der Waals surface area contributed by atoms with Crippen molar-refractivity contribution in [2.24, 2.45) is 5.92 Å². The van der Waals surface area contributed by atoms with Crippen LogP contribution in [0.25, 0.3) is 0 Å². The minimum absolute atomic E-state index is 0.630. The van der Waals surface area contributed by atoms with Crippen LogP contribution in [0.2, 0.25) is 0 Å². The summed E-state index contributed by atoms with van der Waals surface area (Å²) in [6.07, 6.45) is 1.11. The number of alkyl halides is 1. The van der Waals surface area contributed by atoms with Crippen molar-refractivity contribution in [2.45, 2.75) is 33.2 Å². The van der Waals surface area contributed by atoms with Gasteiger partial charge < -0.3 is 10.1 Å². The summed E-state index contributed by atoms with van der Waals surface area (Å²) in [6.45, 7) is 9.35. The highest BCUT2D eigenvalue weighted by atomic mass is 127. The minimum atomic E-state index is 0.630. The molecule has 1 atom stereocenters. The lowest BCUT2D eigenvalue weighted by molar-refractivity contribution is 0.133. The molecule has 0 heterocycles. The predicted molar refractivity (Wildman–Crippen MR) is 66.6 cm³/mol. The fraction of sp³-hybridized carbons (Fsp3) is 1.00. The Morgan fingerprint density at radius 2 is 2.00 bits per heavy atom. The van der Waals surface area contributed by atoms with Gasteiger partial charge in [-0.05, 0) is 12.3 Å². The Balaban J connectivity index is 3.28. The maximum absolute atomic E-state index is 5.39. The van der Waals surface area contributed by atoms with Gasteiger partial charge in [0.25, 0.3) is 0 Å². The number of hydrogen-bond acceptors (Lipinski definition) is 2. The Kier molecular flexibility index (Phi) is 9.68. The summed E-state index contributed by atoms with van der Waals surface area (Å²) in [6, 6.07) is 0.630. The lowest BCUT2D eigenvalue weighted by Crippen LogP contribution is -2.37. The third-order valence-electron chi connectivity index (χ3n) is 1.97.